The summed E-state index contributed by atoms with van der Waals surface area (Å²) in [6, 6.07) is 11.5. The Morgan fingerprint density at radius 3 is 2.24 bits per heavy atom. The van der Waals surface area contributed by atoms with Crippen molar-refractivity contribution in [1.82, 2.24) is 40.4 Å². The maximum absolute atomic E-state index is 14.2. The van der Waals surface area contributed by atoms with E-state index >= 15 is 0 Å². The quantitative estimate of drug-likeness (QED) is 0.116. The number of aromatic amines is 2. The van der Waals surface area contributed by atoms with Crippen molar-refractivity contribution in [3.8, 4) is 22.4 Å². The van der Waals surface area contributed by atoms with Gasteiger partial charge in [-0.15, -0.1) is 0 Å². The molecular formula is C41H50N8O5. The Kier molecular flexibility index (Phi) is 6.34. The molecule has 3 aromatic carbocycles. The first kappa shape index (κ1) is 22.1. The van der Waals surface area contributed by atoms with E-state index in [2.05, 4.69) is 29.7 Å². The maximum atomic E-state index is 14.2. The van der Waals surface area contributed by atoms with Crippen LogP contribution in [0, 0.1) is 11.8 Å². The number of imidazole rings is 2. The van der Waals surface area contributed by atoms with Gasteiger partial charge >= 0.3 is 12.2 Å². The lowest BCUT2D eigenvalue weighted by Gasteiger charge is -2.34. The molecule has 0 saturated carbocycles. The molecule has 5 aromatic rings. The van der Waals surface area contributed by atoms with E-state index in [1.807, 2.05) is 48.5 Å². The van der Waals surface area contributed by atoms with Crippen molar-refractivity contribution in [1.29, 1.82) is 0 Å². The van der Waals surface area contributed by atoms with Crippen LogP contribution in [0.1, 0.15) is 98.8 Å². The molecule has 0 aliphatic carbocycles. The number of alkyl carbamates (subject to hydrolysis) is 2. The van der Waals surface area contributed by atoms with Crippen LogP contribution in [0.5, 0.6) is 0 Å². The van der Waals surface area contributed by atoms with Crippen molar-refractivity contribution in [2.45, 2.75) is 77.3 Å². The Bertz CT molecular complexity index is 2780. The number of hydrogen-bond donors (Lipinski definition) is 4. The lowest BCUT2D eigenvalue weighted by Crippen LogP contribution is -2.51. The maximum Gasteiger partial charge on any atom is 0.408 e. The number of carbonyl (C=O) groups excluding carboxylic acids is 3. The molecule has 4 heterocycles. The van der Waals surface area contributed by atoms with Crippen LogP contribution in [0.4, 0.5) is 9.59 Å². The summed E-state index contributed by atoms with van der Waals surface area (Å²) in [4.78, 5) is 57.1. The number of carbonyl (C=O) groups is 3. The van der Waals surface area contributed by atoms with Crippen LogP contribution in [0.2, 0.25) is 0 Å². The number of H-pyrrole nitrogens is 2. The molecule has 2 fully saturated rings. The minimum atomic E-state index is -3.82. The number of amides is 3. The van der Waals surface area contributed by atoms with Crippen molar-refractivity contribution in [2.75, 3.05) is 27.3 Å². The van der Waals surface area contributed by atoms with Crippen molar-refractivity contribution >= 4 is 39.9 Å². The topological polar surface area (TPSA) is 158 Å². The lowest BCUT2D eigenvalue weighted by atomic mass is 9.99. The van der Waals surface area contributed by atoms with Gasteiger partial charge in [0.15, 0.2) is 0 Å². The van der Waals surface area contributed by atoms with E-state index in [9.17, 15) is 15.8 Å². The zero-order valence-electron chi connectivity index (χ0n) is 45.5. The number of nitrogens with zero attached hydrogens (tertiary/aromatic N) is 4. The van der Waals surface area contributed by atoms with Gasteiger partial charge in [0.25, 0.3) is 0 Å². The van der Waals surface area contributed by atoms with Crippen LogP contribution in [-0.4, -0.2) is 87.3 Å². The predicted molar refractivity (Wildman–Crippen MR) is 207 cm³/mol. The molecule has 2 aromatic heterocycles. The summed E-state index contributed by atoms with van der Waals surface area (Å²) in [5.74, 6) is -8.28. The van der Waals surface area contributed by atoms with E-state index in [-0.39, 0.29) is 31.2 Å². The number of aromatic nitrogens is 4. The lowest BCUT2D eigenvalue weighted by molar-refractivity contribution is -0.135. The number of likely N-dealkylation sites (tertiary alicyclic amines) is 2. The van der Waals surface area contributed by atoms with Gasteiger partial charge in [-0.05, 0) is 83.6 Å². The summed E-state index contributed by atoms with van der Waals surface area (Å²) >= 11 is 0. The molecule has 0 unspecified atom stereocenters. The second-order valence-corrected chi connectivity index (χ2v) is 13.0. The van der Waals surface area contributed by atoms with Crippen molar-refractivity contribution < 1.29 is 45.8 Å². The molecule has 3 amide bonds. The van der Waals surface area contributed by atoms with Crippen LogP contribution in [0.15, 0.2) is 60.8 Å². The average Bonchev–Trinajstić information content (AvgIpc) is 4.12. The Morgan fingerprint density at radius 1 is 0.815 bits per heavy atom. The number of nitrogens with one attached hydrogen (secondary N) is 4. The molecule has 2 aliphatic heterocycles. The molecule has 7 rings (SSSR count). The molecule has 0 spiro atoms. The van der Waals surface area contributed by atoms with E-state index < -0.39 is 81.5 Å². The van der Waals surface area contributed by atoms with Crippen LogP contribution in [-0.2, 0) is 14.3 Å². The highest BCUT2D eigenvalue weighted by Crippen LogP contribution is 2.36. The van der Waals surface area contributed by atoms with Crippen molar-refractivity contribution in [2.24, 2.45) is 11.8 Å². The summed E-state index contributed by atoms with van der Waals surface area (Å²) < 4.78 is 142. The molecule has 0 bridgehead atoms. The Balaban J connectivity index is 1.14. The van der Waals surface area contributed by atoms with Crippen LogP contribution < -0.4 is 10.6 Å². The van der Waals surface area contributed by atoms with E-state index in [0.29, 0.717) is 41.6 Å². The molecule has 2 saturated heterocycles. The molecule has 284 valence electrons. The summed E-state index contributed by atoms with van der Waals surface area (Å²) in [5, 5.41) is 5.52. The fraction of sp³-hybridized carbons (Fsp3) is 0.439. The first-order valence-corrected chi connectivity index (χ1v) is 17.3. The Labute approximate surface area is 337 Å². The van der Waals surface area contributed by atoms with Gasteiger partial charge in [-0.2, -0.15) is 0 Å². The van der Waals surface area contributed by atoms with Gasteiger partial charge in [-0.1, -0.05) is 57.7 Å². The predicted octanol–water partition coefficient (Wildman–Crippen LogP) is 7.29. The van der Waals surface area contributed by atoms with E-state index in [1.54, 1.807) is 11.4 Å². The molecule has 54 heavy (non-hydrogen) atoms. The van der Waals surface area contributed by atoms with Gasteiger partial charge in [0.05, 0.1) is 58.1 Å². The van der Waals surface area contributed by atoms with Crippen molar-refractivity contribution in [3.05, 3.63) is 72.4 Å². The van der Waals surface area contributed by atoms with E-state index in [4.69, 9.17) is 25.5 Å². The summed E-state index contributed by atoms with van der Waals surface area (Å²) in [6.45, 7) is -14.7. The minimum absolute atomic E-state index is 0.0429. The minimum Gasteiger partial charge on any atom is -0.453 e. The second kappa shape index (κ2) is 15.5. The number of methoxy groups -OCH3 is 2. The average molecular weight is 751 g/mol. The van der Waals surface area contributed by atoms with Crippen molar-refractivity contribution in [3.63, 3.8) is 0 Å². The standard InChI is InChI=1S/C41H50N8O5/c1-23(2)35(46-40(51)53-5)39(50)49-18-8-9-33(49)36-42-22-32(45-36)29-14-13-25-19-26(11-12-27(25)20-29)28-15-16-30-31(21-28)44-37(43-30)34-10-7-17-48(34)38(24(3)4)47-41(52)54-6/h11-16,19-24,33-35,38H,7-10,17-18H2,1-6H3,(H,42,45)(H,43,44)(H,46,51)(H,47,52)/t33-,34-,35+,38-/m0/s1/i1D3,2D3,3D3,4D3,23D,24D,35D,38D. The number of fused-ring (bicyclic) bond motifs is 2. The zero-order valence-corrected chi connectivity index (χ0v) is 29.5. The number of ether oxygens (including phenoxy) is 2. The van der Waals surface area contributed by atoms with Gasteiger partial charge in [-0.25, -0.2) is 19.6 Å². The highest BCUT2D eigenvalue weighted by atomic mass is 16.5. The molecule has 13 heteroatoms. The molecule has 13 nitrogen and oxygen atoms in total. The molecule has 0 radical (unpaired) electrons. The summed E-state index contributed by atoms with van der Waals surface area (Å²) in [5.41, 5.74) is 3.89. The van der Waals surface area contributed by atoms with Crippen LogP contribution >= 0.6 is 0 Å². The molecule has 4 N–H and O–H groups in total. The van der Waals surface area contributed by atoms with Gasteiger partial charge in [0.2, 0.25) is 5.91 Å². The highest BCUT2D eigenvalue weighted by molar-refractivity contribution is 5.92. The van der Waals surface area contributed by atoms with Crippen LogP contribution in [0.3, 0.4) is 0 Å². The van der Waals surface area contributed by atoms with Gasteiger partial charge in [0.1, 0.15) is 17.7 Å². The third-order valence-corrected chi connectivity index (χ3v) is 9.78. The van der Waals surface area contributed by atoms with Crippen LogP contribution in [0.25, 0.3) is 44.2 Å². The Morgan fingerprint density at radius 2 is 1.48 bits per heavy atom. The second-order valence-electron chi connectivity index (χ2n) is 13.0. The third-order valence-electron chi connectivity index (χ3n) is 9.78. The number of rotatable bonds is 10. The molecular weight excluding hydrogens is 685 g/mol. The third kappa shape index (κ3) is 7.37. The Hall–Kier alpha value is -5.43. The molecule has 4 atom stereocenters. The normalized spacial score (nSPS) is 25.6. The first-order chi connectivity index (χ1) is 32.4. The highest BCUT2D eigenvalue weighted by Gasteiger charge is 2.38. The largest absolute Gasteiger partial charge is 0.453 e. The van der Waals surface area contributed by atoms with E-state index in [0.717, 1.165) is 45.9 Å². The smallest absolute Gasteiger partial charge is 0.408 e. The fourth-order valence-electron chi connectivity index (χ4n) is 7.17. The van der Waals surface area contributed by atoms with Gasteiger partial charge < -0.3 is 35.0 Å². The van der Waals surface area contributed by atoms with Gasteiger partial charge in [-0.3, -0.25) is 9.69 Å². The zero-order chi connectivity index (χ0) is 51.8. The van der Waals surface area contributed by atoms with E-state index in [1.165, 1.54) is 6.20 Å². The molecule has 2 aliphatic rings. The summed E-state index contributed by atoms with van der Waals surface area (Å²) in [7, 11) is 1.85. The number of benzene rings is 3. The monoisotopic (exact) mass is 750 g/mol. The first-order valence-electron chi connectivity index (χ1n) is 25.3. The van der Waals surface area contributed by atoms with Gasteiger partial charge in [0, 0.05) is 37.8 Å². The summed E-state index contributed by atoms with van der Waals surface area (Å²) in [6.07, 6.45) is -3.00. The fourth-order valence-corrected chi connectivity index (χ4v) is 7.17. The number of hydrogen-bond acceptors (Lipinski definition) is 8. The SMILES string of the molecule is [2H]C([2H])([2H])C([2H])(C([2H])([2H])[2H])[C@@]([2H])(NC(=O)OC)C(=O)N1CCC[C@H]1c1ncc(-c2ccc3cc(-c4ccc5nc([C@@H]6CCCN6[C@]([2H])(NC(=O)OC)C([2H])(C([2H])([2H])[2H])C([2H])([2H])[2H])[nH]c5c4)ccc3c2)[nH]1.